The van der Waals surface area contributed by atoms with E-state index in [9.17, 15) is 17.9 Å². The van der Waals surface area contributed by atoms with Crippen LogP contribution in [0.2, 0.25) is 0 Å². The molecule has 1 aliphatic rings. The van der Waals surface area contributed by atoms with Gasteiger partial charge < -0.3 is 10.4 Å². The summed E-state index contributed by atoms with van der Waals surface area (Å²) in [5.41, 5.74) is 1.06. The number of nitrogens with zero attached hydrogens (tertiary/aromatic N) is 2. The number of halogens is 1. The topological polar surface area (TPSA) is 84.2 Å². The van der Waals surface area contributed by atoms with Gasteiger partial charge in [-0.15, -0.1) is 0 Å². The van der Waals surface area contributed by atoms with Gasteiger partial charge in [0.15, 0.2) is 9.84 Å². The van der Waals surface area contributed by atoms with Gasteiger partial charge in [0.2, 0.25) is 0 Å². The molecule has 6 nitrogen and oxygen atoms in total. The minimum Gasteiger partial charge on any atom is -0.387 e. The molecule has 1 aliphatic heterocycles. The number of rotatable bonds is 6. The molecule has 2 heterocycles. The molecule has 1 aromatic carbocycles. The van der Waals surface area contributed by atoms with Gasteiger partial charge in [-0.3, -0.25) is 4.68 Å². The van der Waals surface area contributed by atoms with Gasteiger partial charge in [0, 0.05) is 24.8 Å². The van der Waals surface area contributed by atoms with E-state index in [-0.39, 0.29) is 17.3 Å². The molecule has 1 fully saturated rings. The van der Waals surface area contributed by atoms with Crippen molar-refractivity contribution in [2.45, 2.75) is 31.5 Å². The maximum Gasteiger partial charge on any atom is 0.152 e. The Morgan fingerprint density at radius 3 is 2.76 bits per heavy atom. The summed E-state index contributed by atoms with van der Waals surface area (Å²) in [6.07, 6.45) is 3.38. The summed E-state index contributed by atoms with van der Waals surface area (Å²) in [6.45, 7) is 2.73. The van der Waals surface area contributed by atoms with Gasteiger partial charge in [-0.25, -0.2) is 12.8 Å². The van der Waals surface area contributed by atoms with E-state index >= 15 is 0 Å². The highest BCUT2D eigenvalue weighted by atomic mass is 32.2. The highest BCUT2D eigenvalue weighted by molar-refractivity contribution is 7.91. The maximum absolute atomic E-state index is 12.9. The Morgan fingerprint density at radius 2 is 2.12 bits per heavy atom. The third-order valence-corrected chi connectivity index (χ3v) is 6.48. The second-order valence-electron chi connectivity index (χ2n) is 6.83. The predicted octanol–water partition coefficient (Wildman–Crippen LogP) is 1.38. The Balaban J connectivity index is 1.55. The van der Waals surface area contributed by atoms with Crippen molar-refractivity contribution in [2.75, 3.05) is 18.1 Å². The molecule has 2 aromatic rings. The van der Waals surface area contributed by atoms with Crippen molar-refractivity contribution in [3.05, 3.63) is 53.6 Å². The Bertz CT molecular complexity index is 835. The molecule has 0 unspecified atom stereocenters. The fourth-order valence-electron chi connectivity index (χ4n) is 3.08. The summed E-state index contributed by atoms with van der Waals surface area (Å²) in [7, 11) is -2.99. The third-order valence-electron chi connectivity index (χ3n) is 4.59. The van der Waals surface area contributed by atoms with Gasteiger partial charge in [0.1, 0.15) is 5.82 Å². The summed E-state index contributed by atoms with van der Waals surface area (Å²) >= 11 is 0. The van der Waals surface area contributed by atoms with Crippen molar-refractivity contribution in [1.29, 1.82) is 0 Å². The largest absolute Gasteiger partial charge is 0.387 e. The molecule has 3 rings (SSSR count). The van der Waals surface area contributed by atoms with Crippen LogP contribution in [-0.4, -0.2) is 41.4 Å². The third kappa shape index (κ3) is 4.26. The van der Waals surface area contributed by atoms with Crippen LogP contribution in [0.4, 0.5) is 4.39 Å². The molecule has 0 spiro atoms. The van der Waals surface area contributed by atoms with Crippen LogP contribution in [0.3, 0.4) is 0 Å². The van der Waals surface area contributed by atoms with Crippen molar-refractivity contribution in [3.63, 3.8) is 0 Å². The van der Waals surface area contributed by atoms with Crippen LogP contribution in [0, 0.1) is 5.82 Å². The van der Waals surface area contributed by atoms with Gasteiger partial charge in [0.05, 0.1) is 29.3 Å². The quantitative estimate of drug-likeness (QED) is 0.806. The van der Waals surface area contributed by atoms with Crippen LogP contribution >= 0.6 is 0 Å². The molecule has 0 amide bonds. The van der Waals surface area contributed by atoms with Crippen LogP contribution < -0.4 is 5.32 Å². The number of aliphatic hydroxyl groups is 1. The van der Waals surface area contributed by atoms with E-state index in [1.165, 1.54) is 12.1 Å². The number of benzene rings is 1. The van der Waals surface area contributed by atoms with Gasteiger partial charge in [-0.1, -0.05) is 12.1 Å². The van der Waals surface area contributed by atoms with Gasteiger partial charge in [-0.2, -0.15) is 5.10 Å². The molecule has 0 aliphatic carbocycles. The van der Waals surface area contributed by atoms with Crippen molar-refractivity contribution < 1.29 is 17.9 Å². The fraction of sp³-hybridized carbons (Fsp3) is 0.471. The normalized spacial score (nSPS) is 23.6. The minimum absolute atomic E-state index is 0.109. The van der Waals surface area contributed by atoms with Crippen LogP contribution in [0.1, 0.15) is 30.6 Å². The van der Waals surface area contributed by atoms with E-state index < -0.39 is 21.5 Å². The molecule has 2 atom stereocenters. The number of aliphatic hydroxyl groups excluding tert-OH is 1. The van der Waals surface area contributed by atoms with E-state index in [1.54, 1.807) is 23.0 Å². The SMILES string of the molecule is C[C@]1(n2cc(CNC[C@H](O)c3ccc(F)cc3)cn2)CCS(=O)(=O)C1. The Morgan fingerprint density at radius 1 is 1.40 bits per heavy atom. The molecule has 1 saturated heterocycles. The van der Waals surface area contributed by atoms with E-state index in [2.05, 4.69) is 10.4 Å². The monoisotopic (exact) mass is 367 g/mol. The Kier molecular flexibility index (Phi) is 4.95. The van der Waals surface area contributed by atoms with Crippen LogP contribution in [-0.2, 0) is 21.9 Å². The first-order valence-electron chi connectivity index (χ1n) is 8.16. The zero-order valence-electron chi connectivity index (χ0n) is 14.0. The van der Waals surface area contributed by atoms with E-state index in [1.807, 2.05) is 13.1 Å². The van der Waals surface area contributed by atoms with Crippen LogP contribution in [0.15, 0.2) is 36.7 Å². The Labute approximate surface area is 146 Å². The molecular formula is C17H22FN3O3S. The summed E-state index contributed by atoms with van der Waals surface area (Å²) in [5, 5.41) is 17.5. The highest BCUT2D eigenvalue weighted by Gasteiger charge is 2.40. The standard InChI is InChI=1S/C17H22FN3O3S/c1-17(6-7-25(23,24)12-17)21-11-13(9-20-21)8-19-10-16(22)14-2-4-15(18)5-3-14/h2-5,9,11,16,19,22H,6-8,10,12H2,1H3/t16-,17-/m0/s1. The molecule has 2 N–H and O–H groups in total. The van der Waals surface area contributed by atoms with Crippen molar-refractivity contribution in [2.24, 2.45) is 0 Å². The molecule has 0 bridgehead atoms. The highest BCUT2D eigenvalue weighted by Crippen LogP contribution is 2.30. The number of hydrogen-bond acceptors (Lipinski definition) is 5. The molecule has 25 heavy (non-hydrogen) atoms. The van der Waals surface area contributed by atoms with Crippen molar-refractivity contribution in [3.8, 4) is 0 Å². The van der Waals surface area contributed by atoms with E-state index in [0.29, 0.717) is 25.1 Å². The summed E-state index contributed by atoms with van der Waals surface area (Å²) in [5.74, 6) is -0.0303. The van der Waals surface area contributed by atoms with Crippen molar-refractivity contribution >= 4 is 9.84 Å². The van der Waals surface area contributed by atoms with Gasteiger partial charge >= 0.3 is 0 Å². The second kappa shape index (κ2) is 6.86. The first kappa shape index (κ1) is 18.0. The predicted molar refractivity (Wildman–Crippen MR) is 92.2 cm³/mol. The van der Waals surface area contributed by atoms with Crippen molar-refractivity contribution in [1.82, 2.24) is 15.1 Å². The first-order valence-corrected chi connectivity index (χ1v) is 9.98. The van der Waals surface area contributed by atoms with E-state index in [4.69, 9.17) is 0 Å². The second-order valence-corrected chi connectivity index (χ2v) is 9.01. The summed E-state index contributed by atoms with van der Waals surface area (Å²) in [4.78, 5) is 0. The Hall–Kier alpha value is -1.77. The lowest BCUT2D eigenvalue weighted by Gasteiger charge is -2.22. The van der Waals surface area contributed by atoms with Crippen LogP contribution in [0.5, 0.6) is 0 Å². The number of sulfone groups is 1. The number of nitrogens with one attached hydrogen (secondary N) is 1. The smallest absolute Gasteiger partial charge is 0.152 e. The minimum atomic E-state index is -2.99. The number of hydrogen-bond donors (Lipinski definition) is 2. The molecule has 0 saturated carbocycles. The fourth-order valence-corrected chi connectivity index (χ4v) is 5.20. The lowest BCUT2D eigenvalue weighted by molar-refractivity contribution is 0.174. The summed E-state index contributed by atoms with van der Waals surface area (Å²) in [6, 6.07) is 5.75. The lowest BCUT2D eigenvalue weighted by atomic mass is 10.0. The molecule has 136 valence electrons. The average Bonchev–Trinajstić information content (AvgIpc) is 3.13. The van der Waals surface area contributed by atoms with Gasteiger partial charge in [-0.05, 0) is 31.0 Å². The van der Waals surface area contributed by atoms with Crippen LogP contribution in [0.25, 0.3) is 0 Å². The zero-order valence-corrected chi connectivity index (χ0v) is 14.8. The molecule has 0 radical (unpaired) electrons. The lowest BCUT2D eigenvalue weighted by Crippen LogP contribution is -2.31. The maximum atomic E-state index is 12.9. The molecular weight excluding hydrogens is 345 g/mol. The molecule has 1 aromatic heterocycles. The summed E-state index contributed by atoms with van der Waals surface area (Å²) < 4.78 is 38.1. The average molecular weight is 367 g/mol. The van der Waals surface area contributed by atoms with E-state index in [0.717, 1.165) is 5.56 Å². The zero-order chi connectivity index (χ0) is 18.1. The van der Waals surface area contributed by atoms with Gasteiger partial charge in [0.25, 0.3) is 0 Å². The first-order chi connectivity index (χ1) is 11.8. The molecule has 8 heteroatoms. The number of aromatic nitrogens is 2.